The molecule has 0 atom stereocenters. The molecule has 0 saturated heterocycles. The van der Waals surface area contributed by atoms with Gasteiger partial charge in [-0.2, -0.15) is 0 Å². The molecular formula is C36H22N2O2S. The highest BCUT2D eigenvalue weighted by Gasteiger charge is 2.34. The number of fused-ring (bicyclic) bond motifs is 4. The summed E-state index contributed by atoms with van der Waals surface area (Å²) in [6, 6.07) is 42.7. The molecule has 1 aliphatic carbocycles. The van der Waals surface area contributed by atoms with Gasteiger partial charge in [0, 0.05) is 21.7 Å². The molecule has 41 heavy (non-hydrogen) atoms. The van der Waals surface area contributed by atoms with Gasteiger partial charge in [-0.05, 0) is 77.5 Å². The number of benzene rings is 5. The first-order valence-corrected chi connectivity index (χ1v) is 14.3. The van der Waals surface area contributed by atoms with Crippen molar-refractivity contribution in [3.05, 3.63) is 149 Å². The normalized spacial score (nSPS) is 13.8. The molecule has 1 aromatic heterocycles. The molecule has 8 rings (SSSR count). The number of allylic oxidation sites excluding steroid dienone is 1. The highest BCUT2D eigenvalue weighted by Crippen LogP contribution is 2.55. The summed E-state index contributed by atoms with van der Waals surface area (Å²) < 4.78 is 0. The van der Waals surface area contributed by atoms with Gasteiger partial charge in [0.2, 0.25) is 0 Å². The van der Waals surface area contributed by atoms with Crippen molar-refractivity contribution in [2.45, 2.75) is 0 Å². The second kappa shape index (κ2) is 9.15. The Labute approximate surface area is 241 Å². The van der Waals surface area contributed by atoms with Crippen molar-refractivity contribution in [3.63, 3.8) is 0 Å². The van der Waals surface area contributed by atoms with Gasteiger partial charge in [-0.25, -0.2) is 0 Å². The van der Waals surface area contributed by atoms with Crippen LogP contribution in [0, 0.1) is 0 Å². The summed E-state index contributed by atoms with van der Waals surface area (Å²) in [5, 5.41) is 2.92. The monoisotopic (exact) mass is 546 g/mol. The molecule has 2 heterocycles. The first kappa shape index (κ1) is 23.6. The molecule has 0 amide bonds. The predicted molar refractivity (Wildman–Crippen MR) is 168 cm³/mol. The summed E-state index contributed by atoms with van der Waals surface area (Å²) in [5.74, 6) is -0.421. The Balaban J connectivity index is 1.21. The van der Waals surface area contributed by atoms with Crippen LogP contribution in [0.4, 0.5) is 33.4 Å². The maximum absolute atomic E-state index is 13.4. The summed E-state index contributed by atoms with van der Waals surface area (Å²) in [4.78, 5) is 32.1. The van der Waals surface area contributed by atoms with Crippen LogP contribution in [0.2, 0.25) is 0 Å². The Morgan fingerprint density at radius 1 is 0.512 bits per heavy atom. The van der Waals surface area contributed by atoms with Crippen molar-refractivity contribution in [1.82, 2.24) is 0 Å². The van der Waals surface area contributed by atoms with Gasteiger partial charge in [-0.15, -0.1) is 11.3 Å². The van der Waals surface area contributed by atoms with Gasteiger partial charge in [-0.3, -0.25) is 14.5 Å². The standard InChI is InChI=1S/C36H22N2O2S/c39-35-27-20-23-10-4-5-11-24(23)21-28(27)36(40)29(35)22-26-18-19-34(41-26)38-32-16-8-6-14-30(32)37(25-12-2-1-3-13-25)31-15-7-9-17-33(31)38/h1-22H. The van der Waals surface area contributed by atoms with Crippen LogP contribution in [0.3, 0.4) is 0 Å². The number of rotatable bonds is 3. The van der Waals surface area contributed by atoms with E-state index >= 15 is 0 Å². The van der Waals surface area contributed by atoms with Crippen molar-refractivity contribution in [1.29, 1.82) is 0 Å². The number of thiophene rings is 1. The SMILES string of the molecule is O=C1C(=Cc2ccc(N3c4ccccc4N(c4ccccc4)c4ccccc43)s2)C(=O)c2cc3ccccc3cc21. The van der Waals surface area contributed by atoms with E-state index in [1.807, 2.05) is 48.5 Å². The van der Waals surface area contributed by atoms with Crippen LogP contribution in [-0.2, 0) is 0 Å². The lowest BCUT2D eigenvalue weighted by atomic mass is 10.0. The number of Topliss-reactive ketones (excluding diaryl/α,β-unsaturated/α-hetero) is 2. The van der Waals surface area contributed by atoms with Crippen molar-refractivity contribution in [3.8, 4) is 0 Å². The van der Waals surface area contributed by atoms with Gasteiger partial charge < -0.3 is 4.90 Å². The molecule has 4 nitrogen and oxygen atoms in total. The Morgan fingerprint density at radius 2 is 1.00 bits per heavy atom. The van der Waals surface area contributed by atoms with Crippen LogP contribution in [0.1, 0.15) is 25.6 Å². The molecular weight excluding hydrogens is 524 g/mol. The zero-order valence-corrected chi connectivity index (χ0v) is 22.6. The number of hydrogen-bond acceptors (Lipinski definition) is 5. The summed E-state index contributed by atoms with van der Waals surface area (Å²) >= 11 is 1.56. The van der Waals surface area contributed by atoms with E-state index in [1.165, 1.54) is 0 Å². The predicted octanol–water partition coefficient (Wildman–Crippen LogP) is 9.62. The van der Waals surface area contributed by atoms with Crippen molar-refractivity contribution >= 4 is 73.2 Å². The van der Waals surface area contributed by atoms with Gasteiger partial charge in [-0.1, -0.05) is 66.7 Å². The molecule has 0 radical (unpaired) electrons. The third-order valence-electron chi connectivity index (χ3n) is 7.73. The van der Waals surface area contributed by atoms with Crippen LogP contribution in [-0.4, -0.2) is 11.6 Å². The summed E-state index contributed by atoms with van der Waals surface area (Å²) in [6.45, 7) is 0. The highest BCUT2D eigenvalue weighted by atomic mass is 32.1. The summed E-state index contributed by atoms with van der Waals surface area (Å²) in [6.07, 6.45) is 1.75. The molecule has 0 bridgehead atoms. The van der Waals surface area contributed by atoms with Crippen LogP contribution in [0.25, 0.3) is 16.8 Å². The van der Waals surface area contributed by atoms with Gasteiger partial charge in [0.05, 0.1) is 28.3 Å². The van der Waals surface area contributed by atoms with Crippen molar-refractivity contribution < 1.29 is 9.59 Å². The molecule has 0 fully saturated rings. The minimum absolute atomic E-state index is 0.210. The van der Waals surface area contributed by atoms with Crippen LogP contribution in [0.15, 0.2) is 133 Å². The molecule has 5 heteroatoms. The lowest BCUT2D eigenvalue weighted by molar-refractivity contribution is 0.0990. The number of nitrogens with zero attached hydrogens (tertiary/aromatic N) is 2. The molecule has 1 aliphatic heterocycles. The van der Waals surface area contributed by atoms with E-state index in [-0.39, 0.29) is 17.1 Å². The topological polar surface area (TPSA) is 40.6 Å². The number of para-hydroxylation sites is 5. The smallest absolute Gasteiger partial charge is 0.197 e. The summed E-state index contributed by atoms with van der Waals surface area (Å²) in [5.41, 5.74) is 6.55. The Kier molecular flexibility index (Phi) is 5.27. The van der Waals surface area contributed by atoms with Gasteiger partial charge in [0.15, 0.2) is 11.6 Å². The van der Waals surface area contributed by atoms with Crippen LogP contribution >= 0.6 is 11.3 Å². The van der Waals surface area contributed by atoms with E-state index in [0.29, 0.717) is 11.1 Å². The number of carbonyl (C=O) groups excluding carboxylic acids is 2. The van der Waals surface area contributed by atoms with E-state index < -0.39 is 0 Å². The molecule has 0 unspecified atom stereocenters. The van der Waals surface area contributed by atoms with E-state index in [2.05, 4.69) is 88.7 Å². The lowest BCUT2D eigenvalue weighted by Gasteiger charge is -2.39. The molecule has 0 N–H and O–H groups in total. The maximum atomic E-state index is 13.4. The van der Waals surface area contributed by atoms with E-state index in [1.54, 1.807) is 17.4 Å². The third-order valence-corrected chi connectivity index (χ3v) is 8.74. The fourth-order valence-corrected chi connectivity index (χ4v) is 6.84. The Bertz CT molecular complexity index is 1950. The highest BCUT2D eigenvalue weighted by molar-refractivity contribution is 7.17. The van der Waals surface area contributed by atoms with Crippen molar-refractivity contribution in [2.75, 3.05) is 9.80 Å². The zero-order chi connectivity index (χ0) is 27.5. The van der Waals surface area contributed by atoms with Crippen LogP contribution in [0.5, 0.6) is 0 Å². The van der Waals surface area contributed by atoms with Crippen molar-refractivity contribution in [2.24, 2.45) is 0 Å². The first-order chi connectivity index (χ1) is 20.2. The molecule has 194 valence electrons. The number of ketones is 2. The van der Waals surface area contributed by atoms with Gasteiger partial charge >= 0.3 is 0 Å². The van der Waals surface area contributed by atoms with E-state index in [9.17, 15) is 9.59 Å². The number of anilines is 6. The fourth-order valence-electron chi connectivity index (χ4n) is 5.86. The van der Waals surface area contributed by atoms with Crippen LogP contribution < -0.4 is 9.80 Å². The fraction of sp³-hybridized carbons (Fsp3) is 0. The quantitative estimate of drug-likeness (QED) is 0.163. The first-order valence-electron chi connectivity index (χ1n) is 13.4. The minimum atomic E-state index is -0.210. The van der Waals surface area contributed by atoms with E-state index in [4.69, 9.17) is 0 Å². The van der Waals surface area contributed by atoms with Gasteiger partial charge in [0.25, 0.3) is 0 Å². The average Bonchev–Trinajstić information content (AvgIpc) is 3.57. The lowest BCUT2D eigenvalue weighted by Crippen LogP contribution is -2.23. The molecule has 0 spiro atoms. The maximum Gasteiger partial charge on any atom is 0.197 e. The number of carbonyl (C=O) groups is 2. The Hall–Kier alpha value is -5.26. The molecule has 6 aromatic rings. The second-order valence-corrected chi connectivity index (χ2v) is 11.2. The van der Waals surface area contributed by atoms with Gasteiger partial charge in [0.1, 0.15) is 5.00 Å². The minimum Gasteiger partial charge on any atom is -0.306 e. The van der Waals surface area contributed by atoms with E-state index in [0.717, 1.165) is 49.1 Å². The zero-order valence-electron chi connectivity index (χ0n) is 21.8. The molecule has 0 saturated carbocycles. The molecule has 5 aromatic carbocycles. The number of hydrogen-bond donors (Lipinski definition) is 0. The Morgan fingerprint density at radius 3 is 1.56 bits per heavy atom. The average molecular weight is 547 g/mol. The summed E-state index contributed by atoms with van der Waals surface area (Å²) in [7, 11) is 0. The molecule has 2 aliphatic rings. The second-order valence-electron chi connectivity index (χ2n) is 10.1. The third kappa shape index (κ3) is 3.67. The largest absolute Gasteiger partial charge is 0.306 e.